The van der Waals surface area contributed by atoms with Crippen molar-refractivity contribution in [2.24, 2.45) is 0 Å². The summed E-state index contributed by atoms with van der Waals surface area (Å²) in [6.45, 7) is 3.60. The van der Waals surface area contributed by atoms with Crippen molar-refractivity contribution in [3.05, 3.63) is 40.4 Å². The van der Waals surface area contributed by atoms with Gasteiger partial charge in [0.1, 0.15) is 0 Å². The van der Waals surface area contributed by atoms with Gasteiger partial charge in [-0.25, -0.2) is 4.79 Å². The molecule has 0 unspecified atom stereocenters. The van der Waals surface area contributed by atoms with Crippen molar-refractivity contribution in [3.63, 3.8) is 0 Å². The number of thioether (sulfide) groups is 2. The van der Waals surface area contributed by atoms with E-state index in [1.165, 1.54) is 29.6 Å². The van der Waals surface area contributed by atoms with Gasteiger partial charge in [-0.05, 0) is 31.2 Å². The Labute approximate surface area is 194 Å². The van der Waals surface area contributed by atoms with Gasteiger partial charge in [-0.1, -0.05) is 35.1 Å². The third-order valence-corrected chi connectivity index (χ3v) is 6.55. The van der Waals surface area contributed by atoms with Crippen LogP contribution in [-0.2, 0) is 25.6 Å². The van der Waals surface area contributed by atoms with Crippen molar-refractivity contribution in [2.75, 3.05) is 38.4 Å². The Balaban J connectivity index is 1.70. The minimum Gasteiger partial charge on any atom is -0.463 e. The number of hydrogen-bond acceptors (Lipinski definition) is 8. The van der Waals surface area contributed by atoms with E-state index in [1.807, 2.05) is 28.8 Å². The van der Waals surface area contributed by atoms with Crippen LogP contribution in [0.3, 0.4) is 0 Å². The van der Waals surface area contributed by atoms with E-state index in [9.17, 15) is 9.59 Å². The molecular formula is C20H23ClN4O4S2. The van der Waals surface area contributed by atoms with E-state index in [0.717, 1.165) is 16.5 Å². The maximum absolute atomic E-state index is 12.2. The first-order chi connectivity index (χ1) is 15.0. The minimum absolute atomic E-state index is 0.0242. The number of benzene rings is 1. The van der Waals surface area contributed by atoms with Gasteiger partial charge in [0.25, 0.3) is 0 Å². The summed E-state index contributed by atoms with van der Waals surface area (Å²) in [5.41, 5.74) is 0.908. The zero-order chi connectivity index (χ0) is 22.2. The molecule has 166 valence electrons. The van der Waals surface area contributed by atoms with Crippen molar-refractivity contribution in [3.8, 4) is 11.4 Å². The molecule has 0 spiro atoms. The zero-order valence-corrected chi connectivity index (χ0v) is 19.6. The van der Waals surface area contributed by atoms with Crippen LogP contribution in [0.2, 0.25) is 5.02 Å². The van der Waals surface area contributed by atoms with Gasteiger partial charge in [0, 0.05) is 30.0 Å². The number of halogens is 1. The molecule has 1 aliphatic heterocycles. The number of methoxy groups -OCH3 is 1. The molecule has 1 fully saturated rings. The van der Waals surface area contributed by atoms with Crippen LogP contribution >= 0.6 is 35.1 Å². The molecule has 3 rings (SSSR count). The summed E-state index contributed by atoms with van der Waals surface area (Å²) in [4.78, 5) is 25.6. The van der Waals surface area contributed by atoms with Crippen molar-refractivity contribution < 1.29 is 19.1 Å². The largest absolute Gasteiger partial charge is 0.463 e. The maximum atomic E-state index is 12.2. The Hall–Kier alpha value is -2.01. The summed E-state index contributed by atoms with van der Waals surface area (Å²) < 4.78 is 12.2. The first-order valence-electron chi connectivity index (χ1n) is 9.66. The number of carbonyl (C=O) groups excluding carboxylic acids is 2. The lowest BCUT2D eigenvalue weighted by Gasteiger charge is -2.16. The molecule has 1 aliphatic rings. The Morgan fingerprint density at radius 2 is 2.06 bits per heavy atom. The van der Waals surface area contributed by atoms with Crippen molar-refractivity contribution in [2.45, 2.75) is 18.6 Å². The molecule has 1 amide bonds. The fourth-order valence-electron chi connectivity index (χ4n) is 2.87. The molecular weight excluding hydrogens is 460 g/mol. The molecule has 11 heteroatoms. The van der Waals surface area contributed by atoms with Crippen LogP contribution in [0, 0.1) is 0 Å². The van der Waals surface area contributed by atoms with E-state index in [0.29, 0.717) is 47.9 Å². The van der Waals surface area contributed by atoms with E-state index in [4.69, 9.17) is 21.1 Å². The fourth-order valence-corrected chi connectivity index (χ4v) is 4.84. The number of aromatic nitrogens is 3. The van der Waals surface area contributed by atoms with Gasteiger partial charge in [-0.2, -0.15) is 0 Å². The molecule has 1 saturated heterocycles. The van der Waals surface area contributed by atoms with Crippen LogP contribution in [0.5, 0.6) is 0 Å². The first kappa shape index (κ1) is 23.6. The van der Waals surface area contributed by atoms with E-state index in [-0.39, 0.29) is 5.91 Å². The second kappa shape index (κ2) is 11.6. The van der Waals surface area contributed by atoms with Gasteiger partial charge in [-0.15, -0.1) is 10.2 Å². The predicted molar refractivity (Wildman–Crippen MR) is 122 cm³/mol. The molecule has 0 aliphatic carbocycles. The molecule has 2 aromatic rings. The SMILES string of the molecule is CCOC(=O)/C=C1/SCC(=O)N1CCSc1nnc(-c2ccc(Cl)cc2)n1CCOC. The van der Waals surface area contributed by atoms with Crippen LogP contribution in [-0.4, -0.2) is 69.9 Å². The normalized spacial score (nSPS) is 15.1. The van der Waals surface area contributed by atoms with Crippen molar-refractivity contribution in [1.29, 1.82) is 0 Å². The summed E-state index contributed by atoms with van der Waals surface area (Å²) in [6.07, 6.45) is 1.38. The first-order valence-corrected chi connectivity index (χ1v) is 12.0. The summed E-state index contributed by atoms with van der Waals surface area (Å²) >= 11 is 8.84. The average Bonchev–Trinajstić information content (AvgIpc) is 3.31. The number of carbonyl (C=O) groups is 2. The number of nitrogens with zero attached hydrogens (tertiary/aromatic N) is 4. The number of ether oxygens (including phenoxy) is 2. The Kier molecular flexibility index (Phi) is 8.82. The molecule has 2 heterocycles. The smallest absolute Gasteiger partial charge is 0.333 e. The van der Waals surface area contributed by atoms with Gasteiger partial charge in [0.2, 0.25) is 5.91 Å². The van der Waals surface area contributed by atoms with E-state index >= 15 is 0 Å². The summed E-state index contributed by atoms with van der Waals surface area (Å²) in [7, 11) is 1.65. The molecule has 0 bridgehead atoms. The molecule has 1 aromatic heterocycles. The summed E-state index contributed by atoms with van der Waals surface area (Å²) in [6, 6.07) is 7.42. The van der Waals surface area contributed by atoms with Crippen LogP contribution in [0.1, 0.15) is 6.92 Å². The summed E-state index contributed by atoms with van der Waals surface area (Å²) in [5, 5.41) is 10.7. The molecule has 0 N–H and O–H groups in total. The Morgan fingerprint density at radius 3 is 2.77 bits per heavy atom. The average molecular weight is 483 g/mol. The van der Waals surface area contributed by atoms with Crippen LogP contribution in [0.15, 0.2) is 40.5 Å². The highest BCUT2D eigenvalue weighted by Crippen LogP contribution is 2.30. The molecule has 1 aromatic carbocycles. The van der Waals surface area contributed by atoms with E-state index in [2.05, 4.69) is 10.2 Å². The number of rotatable bonds is 10. The third-order valence-electron chi connectivity index (χ3n) is 4.32. The summed E-state index contributed by atoms with van der Waals surface area (Å²) in [5.74, 6) is 1.18. The van der Waals surface area contributed by atoms with Crippen molar-refractivity contribution >= 4 is 47.0 Å². The fraction of sp³-hybridized carbons (Fsp3) is 0.400. The number of hydrogen-bond donors (Lipinski definition) is 0. The highest BCUT2D eigenvalue weighted by atomic mass is 35.5. The molecule has 8 nitrogen and oxygen atoms in total. The standard InChI is InChI=1S/C20H23ClN4O4S2/c1-3-29-18(27)12-17-24(16(26)13-31-17)9-11-30-20-23-22-19(25(20)8-10-28-2)14-4-6-15(21)7-5-14/h4-7,12H,3,8-11,13H2,1-2H3/b17-12+. The number of amides is 1. The highest BCUT2D eigenvalue weighted by Gasteiger charge is 2.27. The third kappa shape index (κ3) is 6.25. The van der Waals surface area contributed by atoms with Gasteiger partial charge in [0.05, 0.1) is 36.6 Å². The van der Waals surface area contributed by atoms with E-state index in [1.54, 1.807) is 18.9 Å². The van der Waals surface area contributed by atoms with Crippen LogP contribution in [0.4, 0.5) is 0 Å². The second-order valence-electron chi connectivity index (χ2n) is 6.37. The highest BCUT2D eigenvalue weighted by molar-refractivity contribution is 8.04. The zero-order valence-electron chi connectivity index (χ0n) is 17.2. The van der Waals surface area contributed by atoms with Crippen LogP contribution in [0.25, 0.3) is 11.4 Å². The van der Waals surface area contributed by atoms with Gasteiger partial charge >= 0.3 is 5.97 Å². The van der Waals surface area contributed by atoms with Crippen LogP contribution < -0.4 is 0 Å². The molecule has 0 saturated carbocycles. The predicted octanol–water partition coefficient (Wildman–Crippen LogP) is 3.32. The maximum Gasteiger partial charge on any atom is 0.333 e. The quantitative estimate of drug-likeness (QED) is 0.289. The van der Waals surface area contributed by atoms with Gasteiger partial charge < -0.3 is 14.4 Å². The molecule has 0 radical (unpaired) electrons. The topological polar surface area (TPSA) is 86.6 Å². The lowest BCUT2D eigenvalue weighted by atomic mass is 10.2. The van der Waals surface area contributed by atoms with Crippen molar-refractivity contribution in [1.82, 2.24) is 19.7 Å². The molecule has 0 atom stereocenters. The Bertz CT molecular complexity index is 949. The molecule has 31 heavy (non-hydrogen) atoms. The number of esters is 1. The second-order valence-corrected chi connectivity index (χ2v) is 8.87. The van der Waals surface area contributed by atoms with Gasteiger partial charge in [0.15, 0.2) is 11.0 Å². The minimum atomic E-state index is -0.440. The van der Waals surface area contributed by atoms with E-state index < -0.39 is 5.97 Å². The van der Waals surface area contributed by atoms with Gasteiger partial charge in [-0.3, -0.25) is 9.36 Å². The lowest BCUT2D eigenvalue weighted by molar-refractivity contribution is -0.137. The monoisotopic (exact) mass is 482 g/mol. The lowest BCUT2D eigenvalue weighted by Crippen LogP contribution is -2.27. The Morgan fingerprint density at radius 1 is 1.29 bits per heavy atom.